The van der Waals surface area contributed by atoms with Gasteiger partial charge in [0.1, 0.15) is 16.5 Å². The van der Waals surface area contributed by atoms with E-state index >= 15 is 0 Å². The van der Waals surface area contributed by atoms with Crippen LogP contribution >= 0.6 is 15.9 Å². The molecule has 0 bridgehead atoms. The molecule has 0 N–H and O–H groups in total. The van der Waals surface area contributed by atoms with E-state index in [-0.39, 0.29) is 0 Å². The molecule has 5 heteroatoms. The van der Waals surface area contributed by atoms with E-state index in [9.17, 15) is 0 Å². The second-order valence-corrected chi connectivity index (χ2v) is 5.02. The summed E-state index contributed by atoms with van der Waals surface area (Å²) in [6.07, 6.45) is 1.46. The molecule has 1 heterocycles. The number of rotatable bonds is 2. The lowest BCUT2D eigenvalue weighted by molar-refractivity contribution is 0.450. The smallest absolute Gasteiger partial charge is 0.236 e. The van der Waals surface area contributed by atoms with Gasteiger partial charge >= 0.3 is 0 Å². The first-order valence-electron chi connectivity index (χ1n) is 5.69. The number of nitrogens with zero attached hydrogens (tertiary/aromatic N) is 3. The monoisotopic (exact) mass is 317 g/mol. The van der Waals surface area contributed by atoms with Crippen molar-refractivity contribution >= 4 is 15.9 Å². The number of hydrogen-bond acceptors (Lipinski definition) is 4. The van der Waals surface area contributed by atoms with Gasteiger partial charge in [-0.2, -0.15) is 5.26 Å². The Kier molecular flexibility index (Phi) is 3.82. The number of aromatic nitrogens is 2. The van der Waals surface area contributed by atoms with Crippen LogP contribution in [-0.2, 0) is 0 Å². The second kappa shape index (κ2) is 5.37. The quantitative estimate of drug-likeness (QED) is 0.844. The highest BCUT2D eigenvalue weighted by atomic mass is 79.9. The first-order valence-corrected chi connectivity index (χ1v) is 6.48. The van der Waals surface area contributed by atoms with Gasteiger partial charge in [-0.1, -0.05) is 0 Å². The Bertz CT molecular complexity index is 654. The van der Waals surface area contributed by atoms with Gasteiger partial charge in [0, 0.05) is 0 Å². The van der Waals surface area contributed by atoms with E-state index < -0.39 is 0 Å². The molecule has 0 atom stereocenters. The zero-order valence-electron chi connectivity index (χ0n) is 10.9. The third-order valence-corrected chi connectivity index (χ3v) is 3.63. The maximum absolute atomic E-state index is 8.93. The fourth-order valence-electron chi connectivity index (χ4n) is 1.78. The molecule has 2 aromatic rings. The molecule has 1 aromatic carbocycles. The molecule has 19 heavy (non-hydrogen) atoms. The summed E-state index contributed by atoms with van der Waals surface area (Å²) in [6.45, 7) is 5.69. The van der Waals surface area contributed by atoms with E-state index in [1.54, 1.807) is 12.1 Å². The second-order valence-electron chi connectivity index (χ2n) is 4.23. The summed E-state index contributed by atoms with van der Waals surface area (Å²) in [6, 6.07) is 5.72. The van der Waals surface area contributed by atoms with E-state index in [2.05, 4.69) is 32.0 Å². The number of benzene rings is 1. The summed E-state index contributed by atoms with van der Waals surface area (Å²) in [7, 11) is 0. The molecule has 4 nitrogen and oxygen atoms in total. The van der Waals surface area contributed by atoms with Crippen LogP contribution in [0.25, 0.3) is 0 Å². The number of halogens is 1. The molecule has 0 amide bonds. The van der Waals surface area contributed by atoms with Crippen LogP contribution in [0.3, 0.4) is 0 Å². The Morgan fingerprint density at radius 1 is 1.16 bits per heavy atom. The number of nitriles is 1. The first-order chi connectivity index (χ1) is 9.02. The van der Waals surface area contributed by atoms with Crippen molar-refractivity contribution in [2.75, 3.05) is 0 Å². The van der Waals surface area contributed by atoms with Crippen molar-refractivity contribution in [3.63, 3.8) is 0 Å². The third kappa shape index (κ3) is 2.74. The fraction of sp³-hybridized carbons (Fsp3) is 0.214. The van der Waals surface area contributed by atoms with Crippen LogP contribution in [0.1, 0.15) is 22.4 Å². The fourth-order valence-corrected chi connectivity index (χ4v) is 2.07. The van der Waals surface area contributed by atoms with Crippen LogP contribution in [0.2, 0.25) is 0 Å². The molecule has 0 aliphatic rings. The van der Waals surface area contributed by atoms with Gasteiger partial charge in [0.25, 0.3) is 0 Å². The predicted molar refractivity (Wildman–Crippen MR) is 75.2 cm³/mol. The van der Waals surface area contributed by atoms with Crippen LogP contribution in [0.4, 0.5) is 0 Å². The van der Waals surface area contributed by atoms with Crippen LogP contribution in [0, 0.1) is 32.1 Å². The minimum absolute atomic E-state index is 0.475. The minimum atomic E-state index is 0.475. The van der Waals surface area contributed by atoms with Crippen molar-refractivity contribution in [3.05, 3.63) is 45.3 Å². The lowest BCUT2D eigenvalue weighted by Crippen LogP contribution is -1.97. The van der Waals surface area contributed by atoms with Gasteiger partial charge in [-0.25, -0.2) is 9.97 Å². The van der Waals surface area contributed by atoms with Gasteiger partial charge in [0.05, 0.1) is 17.3 Å². The predicted octanol–water partition coefficient (Wildman–Crippen LogP) is 3.83. The van der Waals surface area contributed by atoms with Gasteiger partial charge in [-0.05, 0) is 60.0 Å². The van der Waals surface area contributed by atoms with E-state index in [0.29, 0.717) is 11.4 Å². The van der Waals surface area contributed by atoms with Gasteiger partial charge in [0.15, 0.2) is 0 Å². The summed E-state index contributed by atoms with van der Waals surface area (Å²) in [5.74, 6) is 1.20. The maximum Gasteiger partial charge on any atom is 0.236 e. The SMILES string of the molecule is Cc1cc(C#N)cc(C)c1Oc1ncnc(C)c1Br. The van der Waals surface area contributed by atoms with Crippen molar-refractivity contribution in [1.82, 2.24) is 9.97 Å². The van der Waals surface area contributed by atoms with E-state index in [1.807, 2.05) is 20.8 Å². The van der Waals surface area contributed by atoms with Crippen molar-refractivity contribution in [2.45, 2.75) is 20.8 Å². The molecular formula is C14H12BrN3O. The van der Waals surface area contributed by atoms with Crippen LogP contribution < -0.4 is 4.74 Å². The van der Waals surface area contributed by atoms with Crippen molar-refractivity contribution in [2.24, 2.45) is 0 Å². The van der Waals surface area contributed by atoms with Crippen LogP contribution in [-0.4, -0.2) is 9.97 Å². The van der Waals surface area contributed by atoms with Gasteiger partial charge in [-0.3, -0.25) is 0 Å². The molecular weight excluding hydrogens is 306 g/mol. The minimum Gasteiger partial charge on any atom is -0.437 e. The van der Waals surface area contributed by atoms with Gasteiger partial charge < -0.3 is 4.74 Å². The molecule has 0 radical (unpaired) electrons. The van der Waals surface area contributed by atoms with Crippen molar-refractivity contribution in [1.29, 1.82) is 5.26 Å². The Hall–Kier alpha value is -1.93. The van der Waals surface area contributed by atoms with E-state index in [1.165, 1.54) is 6.33 Å². The Balaban J connectivity index is 2.45. The molecule has 96 valence electrons. The summed E-state index contributed by atoms with van der Waals surface area (Å²) >= 11 is 3.41. The highest BCUT2D eigenvalue weighted by Gasteiger charge is 2.12. The number of aryl methyl sites for hydroxylation is 3. The molecule has 1 aromatic heterocycles. The lowest BCUT2D eigenvalue weighted by atomic mass is 10.1. The molecule has 0 spiro atoms. The molecule has 0 fully saturated rings. The molecule has 0 saturated heterocycles. The summed E-state index contributed by atoms with van der Waals surface area (Å²) in [4.78, 5) is 8.19. The normalized spacial score (nSPS) is 10.1. The molecule has 0 saturated carbocycles. The van der Waals surface area contributed by atoms with Crippen LogP contribution in [0.15, 0.2) is 22.9 Å². The average Bonchev–Trinajstić information content (AvgIpc) is 2.38. The third-order valence-electron chi connectivity index (χ3n) is 2.72. The van der Waals surface area contributed by atoms with Gasteiger partial charge in [0.2, 0.25) is 5.88 Å². The Labute approximate surface area is 120 Å². The average molecular weight is 318 g/mol. The number of ether oxygens (including phenoxy) is 1. The largest absolute Gasteiger partial charge is 0.437 e. The molecule has 2 rings (SSSR count). The Morgan fingerprint density at radius 3 is 2.37 bits per heavy atom. The van der Waals surface area contributed by atoms with Crippen molar-refractivity contribution < 1.29 is 4.74 Å². The van der Waals surface area contributed by atoms with E-state index in [0.717, 1.165) is 27.0 Å². The topological polar surface area (TPSA) is 58.8 Å². The van der Waals surface area contributed by atoms with Gasteiger partial charge in [-0.15, -0.1) is 0 Å². The number of hydrogen-bond donors (Lipinski definition) is 0. The molecule has 0 unspecified atom stereocenters. The zero-order valence-corrected chi connectivity index (χ0v) is 12.4. The van der Waals surface area contributed by atoms with E-state index in [4.69, 9.17) is 10.00 Å². The van der Waals surface area contributed by atoms with Crippen molar-refractivity contribution in [3.8, 4) is 17.7 Å². The van der Waals surface area contributed by atoms with Crippen LogP contribution in [0.5, 0.6) is 11.6 Å². The molecule has 0 aliphatic heterocycles. The highest BCUT2D eigenvalue weighted by Crippen LogP contribution is 2.33. The summed E-state index contributed by atoms with van der Waals surface area (Å²) in [5.41, 5.74) is 3.24. The Morgan fingerprint density at radius 2 is 1.79 bits per heavy atom. The summed E-state index contributed by atoms with van der Waals surface area (Å²) < 4.78 is 6.58. The molecule has 0 aliphatic carbocycles. The standard InChI is InChI=1S/C14H12BrN3O/c1-8-4-11(6-16)5-9(2)13(8)19-14-12(15)10(3)17-7-18-14/h4-5,7H,1-3H3. The lowest BCUT2D eigenvalue weighted by Gasteiger charge is -2.12. The summed E-state index contributed by atoms with van der Waals surface area (Å²) in [5, 5.41) is 8.93. The zero-order chi connectivity index (χ0) is 14.0. The first kappa shape index (κ1) is 13.5. The highest BCUT2D eigenvalue weighted by molar-refractivity contribution is 9.10. The maximum atomic E-state index is 8.93.